The molecule has 0 saturated heterocycles. The van der Waals surface area contributed by atoms with E-state index in [1.54, 1.807) is 51.1 Å². The van der Waals surface area contributed by atoms with Gasteiger partial charge in [0.15, 0.2) is 5.78 Å². The summed E-state index contributed by atoms with van der Waals surface area (Å²) in [4.78, 5) is 35.6. The lowest BCUT2D eigenvalue weighted by Gasteiger charge is -2.22. The van der Waals surface area contributed by atoms with Gasteiger partial charge in [-0.2, -0.15) is 0 Å². The first-order valence-electron chi connectivity index (χ1n) is 6.52. The minimum atomic E-state index is -1.04. The van der Waals surface area contributed by atoms with Crippen molar-refractivity contribution in [1.29, 1.82) is 0 Å². The molecule has 20 heavy (non-hydrogen) atoms. The summed E-state index contributed by atoms with van der Waals surface area (Å²) in [6.07, 6.45) is -0.158. The van der Waals surface area contributed by atoms with E-state index in [0.29, 0.717) is 5.56 Å². The van der Waals surface area contributed by atoms with Crippen LogP contribution in [0.5, 0.6) is 0 Å². The van der Waals surface area contributed by atoms with Crippen LogP contribution in [-0.4, -0.2) is 23.1 Å². The maximum atomic E-state index is 12.1. The van der Waals surface area contributed by atoms with Crippen molar-refractivity contribution in [2.75, 3.05) is 0 Å². The van der Waals surface area contributed by atoms with Crippen LogP contribution in [0.2, 0.25) is 0 Å². The first-order valence-corrected chi connectivity index (χ1v) is 6.52. The highest BCUT2D eigenvalue weighted by molar-refractivity contribution is 6.05. The predicted octanol–water partition coefficient (Wildman–Crippen LogP) is 2.81. The molecule has 1 rings (SSSR count). The van der Waals surface area contributed by atoms with Gasteiger partial charge in [0.05, 0.1) is 0 Å². The van der Waals surface area contributed by atoms with Gasteiger partial charge in [0.25, 0.3) is 0 Å². The Bertz CT molecular complexity index is 497. The Balaban J connectivity index is 2.81. The molecule has 0 aliphatic carbocycles. The van der Waals surface area contributed by atoms with Crippen molar-refractivity contribution in [2.45, 2.75) is 39.7 Å². The first-order chi connectivity index (χ1) is 9.20. The summed E-state index contributed by atoms with van der Waals surface area (Å²) in [6.45, 7) is 6.47. The van der Waals surface area contributed by atoms with Crippen LogP contribution in [0.25, 0.3) is 0 Å². The monoisotopic (exact) mass is 276 g/mol. The van der Waals surface area contributed by atoms with E-state index in [1.807, 2.05) is 0 Å². The van der Waals surface area contributed by atoms with Gasteiger partial charge in [0.1, 0.15) is 17.3 Å². The Morgan fingerprint density at radius 3 is 2.10 bits per heavy atom. The van der Waals surface area contributed by atoms with Crippen LogP contribution in [-0.2, 0) is 14.3 Å². The highest BCUT2D eigenvalue weighted by atomic mass is 16.6. The molecular formula is C16H20O4. The van der Waals surface area contributed by atoms with Gasteiger partial charge in [-0.05, 0) is 27.7 Å². The van der Waals surface area contributed by atoms with Crippen molar-refractivity contribution in [1.82, 2.24) is 0 Å². The fourth-order valence-corrected chi connectivity index (χ4v) is 1.69. The second-order valence-corrected chi connectivity index (χ2v) is 5.69. The Kier molecular flexibility index (Phi) is 5.19. The summed E-state index contributed by atoms with van der Waals surface area (Å²) >= 11 is 0. The summed E-state index contributed by atoms with van der Waals surface area (Å²) in [6, 6.07) is 8.60. The maximum Gasteiger partial charge on any atom is 0.317 e. The molecule has 0 radical (unpaired) electrons. The van der Waals surface area contributed by atoms with E-state index in [-0.39, 0.29) is 18.0 Å². The lowest BCUT2D eigenvalue weighted by atomic mass is 9.95. The van der Waals surface area contributed by atoms with Crippen LogP contribution in [0.3, 0.4) is 0 Å². The van der Waals surface area contributed by atoms with E-state index < -0.39 is 17.5 Å². The smallest absolute Gasteiger partial charge is 0.317 e. The zero-order chi connectivity index (χ0) is 15.3. The van der Waals surface area contributed by atoms with Gasteiger partial charge < -0.3 is 4.74 Å². The zero-order valence-corrected chi connectivity index (χ0v) is 12.3. The van der Waals surface area contributed by atoms with E-state index in [4.69, 9.17) is 4.74 Å². The lowest BCUT2D eigenvalue weighted by molar-refractivity contribution is -0.161. The third kappa shape index (κ3) is 4.96. The molecule has 0 saturated carbocycles. The molecule has 1 atom stereocenters. The number of esters is 1. The molecule has 0 heterocycles. The van der Waals surface area contributed by atoms with Gasteiger partial charge in [-0.25, -0.2) is 0 Å². The molecule has 1 aromatic carbocycles. The van der Waals surface area contributed by atoms with Gasteiger partial charge in [-0.15, -0.1) is 0 Å². The topological polar surface area (TPSA) is 60.4 Å². The molecule has 4 heteroatoms. The standard InChI is InChI=1S/C16H20O4/c1-11(17)13(15(19)20-16(2,3)4)10-14(18)12-8-6-5-7-9-12/h5-9,13H,10H2,1-4H3. The Morgan fingerprint density at radius 2 is 1.65 bits per heavy atom. The number of benzene rings is 1. The van der Waals surface area contributed by atoms with Crippen LogP contribution in [0.15, 0.2) is 30.3 Å². The zero-order valence-electron chi connectivity index (χ0n) is 12.3. The molecule has 0 spiro atoms. The number of hydrogen-bond acceptors (Lipinski definition) is 4. The molecular weight excluding hydrogens is 256 g/mol. The molecule has 0 fully saturated rings. The summed E-state index contributed by atoms with van der Waals surface area (Å²) in [5, 5.41) is 0. The molecule has 1 unspecified atom stereocenters. The second-order valence-electron chi connectivity index (χ2n) is 5.69. The van der Waals surface area contributed by atoms with Crippen molar-refractivity contribution in [2.24, 2.45) is 5.92 Å². The van der Waals surface area contributed by atoms with E-state index in [2.05, 4.69) is 0 Å². The van der Waals surface area contributed by atoms with E-state index in [0.717, 1.165) is 0 Å². The van der Waals surface area contributed by atoms with Gasteiger partial charge in [-0.1, -0.05) is 30.3 Å². The van der Waals surface area contributed by atoms with Crippen LogP contribution in [0, 0.1) is 5.92 Å². The largest absolute Gasteiger partial charge is 0.459 e. The van der Waals surface area contributed by atoms with Gasteiger partial charge in [-0.3, -0.25) is 14.4 Å². The number of hydrogen-bond donors (Lipinski definition) is 0. The van der Waals surface area contributed by atoms with Crippen LogP contribution in [0.4, 0.5) is 0 Å². The minimum Gasteiger partial charge on any atom is -0.459 e. The predicted molar refractivity (Wildman–Crippen MR) is 75.4 cm³/mol. The molecule has 4 nitrogen and oxygen atoms in total. The molecule has 0 amide bonds. The van der Waals surface area contributed by atoms with E-state index in [9.17, 15) is 14.4 Å². The van der Waals surface area contributed by atoms with Crippen molar-refractivity contribution >= 4 is 17.5 Å². The van der Waals surface area contributed by atoms with Gasteiger partial charge in [0, 0.05) is 12.0 Å². The third-order valence-corrected chi connectivity index (χ3v) is 2.67. The number of rotatable bonds is 5. The number of carbonyl (C=O) groups excluding carboxylic acids is 3. The quantitative estimate of drug-likeness (QED) is 0.471. The normalized spacial score (nSPS) is 12.6. The minimum absolute atomic E-state index is 0.158. The molecule has 0 aliphatic rings. The molecule has 0 aliphatic heterocycles. The molecule has 0 aromatic heterocycles. The third-order valence-electron chi connectivity index (χ3n) is 2.67. The van der Waals surface area contributed by atoms with Crippen molar-refractivity contribution < 1.29 is 19.1 Å². The average molecular weight is 276 g/mol. The van der Waals surface area contributed by atoms with Crippen molar-refractivity contribution in [3.8, 4) is 0 Å². The molecule has 0 N–H and O–H groups in total. The Hall–Kier alpha value is -1.97. The number of ketones is 2. The highest BCUT2D eigenvalue weighted by Gasteiger charge is 2.31. The maximum absolute atomic E-state index is 12.1. The lowest BCUT2D eigenvalue weighted by Crippen LogP contribution is -2.33. The fraction of sp³-hybridized carbons (Fsp3) is 0.438. The summed E-state index contributed by atoms with van der Waals surface area (Å²) < 4.78 is 5.19. The van der Waals surface area contributed by atoms with Crippen LogP contribution >= 0.6 is 0 Å². The van der Waals surface area contributed by atoms with Gasteiger partial charge >= 0.3 is 5.97 Å². The SMILES string of the molecule is CC(=O)C(CC(=O)c1ccccc1)C(=O)OC(C)(C)C. The average Bonchev–Trinajstić information content (AvgIpc) is 2.34. The summed E-state index contributed by atoms with van der Waals surface area (Å²) in [5.74, 6) is -2.28. The number of ether oxygens (including phenoxy) is 1. The fourth-order valence-electron chi connectivity index (χ4n) is 1.69. The molecule has 108 valence electrons. The van der Waals surface area contributed by atoms with Gasteiger partial charge in [0.2, 0.25) is 0 Å². The summed E-state index contributed by atoms with van der Waals surface area (Å²) in [7, 11) is 0. The van der Waals surface area contributed by atoms with Crippen molar-refractivity contribution in [3.05, 3.63) is 35.9 Å². The summed E-state index contributed by atoms with van der Waals surface area (Å²) in [5.41, 5.74) is -0.192. The number of carbonyl (C=O) groups is 3. The molecule has 0 bridgehead atoms. The highest BCUT2D eigenvalue weighted by Crippen LogP contribution is 2.17. The van der Waals surface area contributed by atoms with E-state index in [1.165, 1.54) is 6.92 Å². The van der Waals surface area contributed by atoms with Crippen LogP contribution in [0.1, 0.15) is 44.5 Å². The number of Topliss-reactive ketones (excluding diaryl/α,β-unsaturated/α-hetero) is 2. The van der Waals surface area contributed by atoms with Crippen molar-refractivity contribution in [3.63, 3.8) is 0 Å². The Morgan fingerprint density at radius 1 is 1.10 bits per heavy atom. The van der Waals surface area contributed by atoms with E-state index >= 15 is 0 Å². The van der Waals surface area contributed by atoms with Crippen LogP contribution < -0.4 is 0 Å². The first kappa shape index (κ1) is 16.1. The Labute approximate surface area is 119 Å². The second kappa shape index (κ2) is 6.46. The molecule has 1 aromatic rings.